The highest BCUT2D eigenvalue weighted by Crippen LogP contribution is 2.31. The van der Waals surface area contributed by atoms with Gasteiger partial charge >= 0.3 is 6.18 Å². The Morgan fingerprint density at radius 1 is 0.900 bits per heavy atom. The molecule has 0 nitrogen and oxygen atoms in total. The van der Waals surface area contributed by atoms with Crippen LogP contribution in [0.15, 0.2) is 42.5 Å². The zero-order valence-corrected chi connectivity index (χ0v) is 11.6. The van der Waals surface area contributed by atoms with Gasteiger partial charge in [0.2, 0.25) is 0 Å². The van der Waals surface area contributed by atoms with E-state index in [2.05, 4.69) is 13.0 Å². The second-order valence-electron chi connectivity index (χ2n) is 4.97. The van der Waals surface area contributed by atoms with E-state index in [1.807, 2.05) is 19.1 Å². The number of benzene rings is 2. The lowest BCUT2D eigenvalue weighted by atomic mass is 9.97. The van der Waals surface area contributed by atoms with Gasteiger partial charge in [-0.2, -0.15) is 13.2 Å². The molecule has 0 aromatic heterocycles. The molecule has 0 bridgehead atoms. The minimum Gasteiger partial charge on any atom is -0.166 e. The van der Waals surface area contributed by atoms with Crippen LogP contribution in [0.25, 0.3) is 11.1 Å². The minimum atomic E-state index is -4.28. The van der Waals surface area contributed by atoms with Crippen LogP contribution in [0.4, 0.5) is 13.2 Å². The van der Waals surface area contributed by atoms with Gasteiger partial charge in [-0.3, -0.25) is 0 Å². The smallest absolute Gasteiger partial charge is 0.166 e. The molecule has 0 unspecified atom stereocenters. The quantitative estimate of drug-likeness (QED) is 0.682. The molecular formula is C17H17F3. The summed E-state index contributed by atoms with van der Waals surface area (Å²) in [7, 11) is 0. The molecule has 0 atom stereocenters. The molecule has 2 aromatic carbocycles. The van der Waals surface area contributed by atoms with E-state index in [-0.39, 0.29) is 0 Å². The highest BCUT2D eigenvalue weighted by molar-refractivity contribution is 5.65. The van der Waals surface area contributed by atoms with E-state index in [4.69, 9.17) is 0 Å². The Hall–Kier alpha value is -1.77. The first-order chi connectivity index (χ1) is 9.41. The fraction of sp³-hybridized carbons (Fsp3) is 0.294. The Morgan fingerprint density at radius 2 is 1.50 bits per heavy atom. The Bertz CT molecular complexity index is 580. The van der Waals surface area contributed by atoms with Crippen molar-refractivity contribution in [2.45, 2.75) is 32.9 Å². The third-order valence-electron chi connectivity index (χ3n) is 3.41. The first kappa shape index (κ1) is 14.6. The van der Waals surface area contributed by atoms with Crippen LogP contribution in [0.1, 0.15) is 30.0 Å². The largest absolute Gasteiger partial charge is 0.416 e. The average Bonchev–Trinajstić information content (AvgIpc) is 2.40. The van der Waals surface area contributed by atoms with Crippen LogP contribution in [0.5, 0.6) is 0 Å². The van der Waals surface area contributed by atoms with E-state index in [0.717, 1.165) is 36.1 Å². The molecule has 0 fully saturated rings. The number of hydrogen-bond donors (Lipinski definition) is 0. The summed E-state index contributed by atoms with van der Waals surface area (Å²) in [5.41, 5.74) is 3.63. The summed E-state index contributed by atoms with van der Waals surface area (Å²) in [5, 5.41) is 0. The maximum Gasteiger partial charge on any atom is 0.416 e. The number of hydrogen-bond acceptors (Lipinski definition) is 0. The molecule has 3 heteroatoms. The molecule has 0 aliphatic rings. The monoisotopic (exact) mass is 278 g/mol. The van der Waals surface area contributed by atoms with Gasteiger partial charge in [0.15, 0.2) is 0 Å². The van der Waals surface area contributed by atoms with Crippen molar-refractivity contribution in [2.75, 3.05) is 0 Å². The van der Waals surface area contributed by atoms with Crippen LogP contribution in [0.2, 0.25) is 0 Å². The summed E-state index contributed by atoms with van der Waals surface area (Å²) < 4.78 is 37.6. The van der Waals surface area contributed by atoms with Crippen molar-refractivity contribution in [1.29, 1.82) is 0 Å². The second-order valence-corrected chi connectivity index (χ2v) is 4.97. The third-order valence-corrected chi connectivity index (χ3v) is 3.41. The zero-order valence-electron chi connectivity index (χ0n) is 11.6. The fourth-order valence-corrected chi connectivity index (χ4v) is 2.28. The van der Waals surface area contributed by atoms with E-state index < -0.39 is 11.7 Å². The SMILES string of the molecule is CCCc1ccc(-c2ccc(C(F)(F)F)cc2)cc1C. The van der Waals surface area contributed by atoms with Crippen molar-refractivity contribution < 1.29 is 13.2 Å². The standard InChI is InChI=1S/C17H17F3/c1-3-4-13-5-6-15(11-12(13)2)14-7-9-16(10-8-14)17(18,19)20/h5-11H,3-4H2,1-2H3. The molecule has 2 aromatic rings. The lowest BCUT2D eigenvalue weighted by molar-refractivity contribution is -0.137. The first-order valence-corrected chi connectivity index (χ1v) is 6.69. The van der Waals surface area contributed by atoms with Crippen LogP contribution < -0.4 is 0 Å². The Morgan fingerprint density at radius 3 is 2.00 bits per heavy atom. The summed E-state index contributed by atoms with van der Waals surface area (Å²) >= 11 is 0. The molecular weight excluding hydrogens is 261 g/mol. The first-order valence-electron chi connectivity index (χ1n) is 6.69. The lowest BCUT2D eigenvalue weighted by Gasteiger charge is -2.10. The average molecular weight is 278 g/mol. The highest BCUT2D eigenvalue weighted by Gasteiger charge is 2.29. The normalized spacial score (nSPS) is 11.7. The van der Waals surface area contributed by atoms with Gasteiger partial charge in [-0.1, -0.05) is 43.7 Å². The minimum absolute atomic E-state index is 0.611. The molecule has 0 saturated carbocycles. The highest BCUT2D eigenvalue weighted by atomic mass is 19.4. The summed E-state index contributed by atoms with van der Waals surface area (Å²) in [6, 6.07) is 11.4. The van der Waals surface area contributed by atoms with Gasteiger partial charge in [-0.05, 0) is 47.7 Å². The Kier molecular flexibility index (Phi) is 4.17. The van der Waals surface area contributed by atoms with Gasteiger partial charge in [0.25, 0.3) is 0 Å². The van der Waals surface area contributed by atoms with Crippen molar-refractivity contribution in [3.63, 3.8) is 0 Å². The lowest BCUT2D eigenvalue weighted by Crippen LogP contribution is -2.04. The van der Waals surface area contributed by atoms with Gasteiger partial charge in [-0.15, -0.1) is 0 Å². The molecule has 0 N–H and O–H groups in total. The van der Waals surface area contributed by atoms with E-state index in [0.29, 0.717) is 0 Å². The number of halogens is 3. The molecule has 20 heavy (non-hydrogen) atoms. The third kappa shape index (κ3) is 3.21. The van der Waals surface area contributed by atoms with Gasteiger partial charge in [0.1, 0.15) is 0 Å². The van der Waals surface area contributed by atoms with Crippen molar-refractivity contribution in [2.24, 2.45) is 0 Å². The number of rotatable bonds is 3. The maximum atomic E-state index is 12.5. The number of aryl methyl sites for hydroxylation is 2. The zero-order chi connectivity index (χ0) is 14.8. The fourth-order valence-electron chi connectivity index (χ4n) is 2.28. The van der Waals surface area contributed by atoms with E-state index >= 15 is 0 Å². The van der Waals surface area contributed by atoms with Gasteiger partial charge in [-0.25, -0.2) is 0 Å². The van der Waals surface area contributed by atoms with Gasteiger partial charge in [0, 0.05) is 0 Å². The molecule has 0 saturated heterocycles. The predicted molar refractivity (Wildman–Crippen MR) is 75.6 cm³/mol. The Labute approximate surface area is 117 Å². The molecule has 0 aliphatic heterocycles. The molecule has 0 aliphatic carbocycles. The van der Waals surface area contributed by atoms with E-state index in [1.165, 1.54) is 23.3 Å². The van der Waals surface area contributed by atoms with Crippen LogP contribution >= 0.6 is 0 Å². The molecule has 0 heterocycles. The molecule has 106 valence electrons. The van der Waals surface area contributed by atoms with E-state index in [1.54, 1.807) is 0 Å². The molecule has 0 radical (unpaired) electrons. The van der Waals surface area contributed by atoms with Crippen molar-refractivity contribution in [1.82, 2.24) is 0 Å². The van der Waals surface area contributed by atoms with Gasteiger partial charge in [0.05, 0.1) is 5.56 Å². The maximum absolute atomic E-state index is 12.5. The van der Waals surface area contributed by atoms with Crippen LogP contribution in [-0.2, 0) is 12.6 Å². The predicted octanol–water partition coefficient (Wildman–Crippen LogP) is 5.63. The summed E-state index contributed by atoms with van der Waals surface area (Å²) in [5.74, 6) is 0. The topological polar surface area (TPSA) is 0 Å². The summed E-state index contributed by atoms with van der Waals surface area (Å²) in [6.07, 6.45) is -2.17. The van der Waals surface area contributed by atoms with Gasteiger partial charge < -0.3 is 0 Å². The van der Waals surface area contributed by atoms with Crippen LogP contribution in [0, 0.1) is 6.92 Å². The molecule has 0 spiro atoms. The Balaban J connectivity index is 2.30. The summed E-state index contributed by atoms with van der Waals surface area (Å²) in [4.78, 5) is 0. The summed E-state index contributed by atoms with van der Waals surface area (Å²) in [6.45, 7) is 4.17. The van der Waals surface area contributed by atoms with Crippen molar-refractivity contribution in [3.8, 4) is 11.1 Å². The molecule has 0 amide bonds. The number of alkyl halides is 3. The van der Waals surface area contributed by atoms with Crippen molar-refractivity contribution in [3.05, 3.63) is 59.2 Å². The van der Waals surface area contributed by atoms with Crippen molar-refractivity contribution >= 4 is 0 Å². The van der Waals surface area contributed by atoms with E-state index in [9.17, 15) is 13.2 Å². The van der Waals surface area contributed by atoms with Crippen LogP contribution in [-0.4, -0.2) is 0 Å². The second kappa shape index (κ2) is 5.70. The molecule has 2 rings (SSSR count). The van der Waals surface area contributed by atoms with Crippen LogP contribution in [0.3, 0.4) is 0 Å².